The van der Waals surface area contributed by atoms with Gasteiger partial charge < -0.3 is 20.1 Å². The topological polar surface area (TPSA) is 78.9 Å². The summed E-state index contributed by atoms with van der Waals surface area (Å²) in [6, 6.07) is 11.7. The summed E-state index contributed by atoms with van der Waals surface area (Å²) in [6.45, 7) is 1.30. The molecule has 2 amide bonds. The van der Waals surface area contributed by atoms with Crippen LogP contribution in [0.3, 0.4) is 0 Å². The predicted octanol–water partition coefficient (Wildman–Crippen LogP) is 2.85. The van der Waals surface area contributed by atoms with Crippen molar-refractivity contribution in [1.82, 2.24) is 10.2 Å². The molecule has 1 aliphatic rings. The van der Waals surface area contributed by atoms with Crippen molar-refractivity contribution in [1.29, 1.82) is 0 Å². The number of carbonyl (C=O) groups is 2. The first-order chi connectivity index (χ1) is 12.1. The molecular weight excluding hydrogens is 320 g/mol. The number of hydrogen-bond donors (Lipinski definition) is 2. The lowest BCUT2D eigenvalue weighted by molar-refractivity contribution is -0.143. The van der Waals surface area contributed by atoms with Crippen LogP contribution in [0.15, 0.2) is 36.4 Å². The van der Waals surface area contributed by atoms with Gasteiger partial charge in [0.1, 0.15) is 5.75 Å². The van der Waals surface area contributed by atoms with Crippen molar-refractivity contribution >= 4 is 22.8 Å². The van der Waals surface area contributed by atoms with Gasteiger partial charge >= 0.3 is 12.0 Å². The van der Waals surface area contributed by atoms with E-state index in [9.17, 15) is 9.59 Å². The minimum absolute atomic E-state index is 0.168. The first kappa shape index (κ1) is 17.1. The lowest BCUT2D eigenvalue weighted by atomic mass is 9.97. The van der Waals surface area contributed by atoms with E-state index >= 15 is 0 Å². The van der Waals surface area contributed by atoms with E-state index in [1.165, 1.54) is 0 Å². The van der Waals surface area contributed by atoms with E-state index in [1.54, 1.807) is 12.0 Å². The van der Waals surface area contributed by atoms with Crippen LogP contribution in [0.25, 0.3) is 10.8 Å². The normalized spacial score (nSPS) is 15.2. The van der Waals surface area contributed by atoms with Crippen LogP contribution in [-0.2, 0) is 11.3 Å². The Hall–Kier alpha value is -2.76. The van der Waals surface area contributed by atoms with Crippen molar-refractivity contribution in [3.8, 4) is 5.75 Å². The van der Waals surface area contributed by atoms with Gasteiger partial charge in [0.15, 0.2) is 0 Å². The van der Waals surface area contributed by atoms with Gasteiger partial charge in [-0.15, -0.1) is 0 Å². The van der Waals surface area contributed by atoms with Gasteiger partial charge in [-0.3, -0.25) is 4.79 Å². The number of methoxy groups -OCH3 is 1. The highest BCUT2D eigenvalue weighted by Gasteiger charge is 2.27. The van der Waals surface area contributed by atoms with Gasteiger partial charge in [0.25, 0.3) is 0 Å². The number of urea groups is 1. The summed E-state index contributed by atoms with van der Waals surface area (Å²) in [6.07, 6.45) is 1.00. The average molecular weight is 342 g/mol. The van der Waals surface area contributed by atoms with Crippen molar-refractivity contribution in [2.45, 2.75) is 19.4 Å². The molecule has 0 aliphatic carbocycles. The largest absolute Gasteiger partial charge is 0.496 e. The zero-order chi connectivity index (χ0) is 17.8. The second-order valence-electron chi connectivity index (χ2n) is 6.23. The molecule has 0 aromatic heterocycles. The number of carbonyl (C=O) groups excluding carboxylic acids is 1. The molecule has 0 radical (unpaired) electrons. The van der Waals surface area contributed by atoms with Crippen molar-refractivity contribution in [2.24, 2.45) is 5.92 Å². The standard InChI is InChI=1S/C19H22N2O4/c1-25-17-7-6-13-4-2-3-5-15(13)16(17)12-20-19(24)21-10-8-14(9-11-21)18(22)23/h2-7,14H,8-12H2,1H3,(H,20,24)(H,22,23). The van der Waals surface area contributed by atoms with Gasteiger partial charge in [-0.05, 0) is 29.7 Å². The number of hydrogen-bond acceptors (Lipinski definition) is 3. The first-order valence-corrected chi connectivity index (χ1v) is 8.40. The summed E-state index contributed by atoms with van der Waals surface area (Å²) in [5, 5.41) is 14.1. The Kier molecular flexibility index (Phi) is 5.07. The van der Waals surface area contributed by atoms with Gasteiger partial charge in [0, 0.05) is 25.2 Å². The molecule has 25 heavy (non-hydrogen) atoms. The molecule has 1 saturated heterocycles. The number of likely N-dealkylation sites (tertiary alicyclic amines) is 1. The van der Waals surface area contributed by atoms with Crippen molar-refractivity contribution in [3.05, 3.63) is 42.0 Å². The molecular formula is C19H22N2O4. The van der Waals surface area contributed by atoms with Crippen LogP contribution in [0.5, 0.6) is 5.75 Å². The lowest BCUT2D eigenvalue weighted by Gasteiger charge is -2.30. The number of fused-ring (bicyclic) bond motifs is 1. The van der Waals surface area contributed by atoms with E-state index in [0.717, 1.165) is 22.1 Å². The number of amides is 2. The van der Waals surface area contributed by atoms with Crippen molar-refractivity contribution in [2.75, 3.05) is 20.2 Å². The average Bonchev–Trinajstić information content (AvgIpc) is 2.65. The van der Waals surface area contributed by atoms with Gasteiger partial charge in [0.05, 0.1) is 13.0 Å². The zero-order valence-electron chi connectivity index (χ0n) is 14.2. The monoisotopic (exact) mass is 342 g/mol. The SMILES string of the molecule is COc1ccc2ccccc2c1CNC(=O)N1CCC(C(=O)O)CC1. The van der Waals surface area contributed by atoms with E-state index in [0.29, 0.717) is 32.5 Å². The second kappa shape index (κ2) is 7.42. The maximum Gasteiger partial charge on any atom is 0.317 e. The molecule has 1 fully saturated rings. The second-order valence-corrected chi connectivity index (χ2v) is 6.23. The minimum Gasteiger partial charge on any atom is -0.496 e. The van der Waals surface area contributed by atoms with E-state index in [-0.39, 0.29) is 11.9 Å². The Morgan fingerprint density at radius 1 is 1.20 bits per heavy atom. The molecule has 2 N–H and O–H groups in total. The van der Waals surface area contributed by atoms with Crippen LogP contribution in [0.2, 0.25) is 0 Å². The Labute approximate surface area is 146 Å². The number of aliphatic carboxylic acids is 1. The molecule has 1 heterocycles. The first-order valence-electron chi connectivity index (χ1n) is 8.40. The van der Waals surface area contributed by atoms with Gasteiger partial charge in [-0.25, -0.2) is 4.79 Å². The zero-order valence-corrected chi connectivity index (χ0v) is 14.2. The Morgan fingerprint density at radius 3 is 2.60 bits per heavy atom. The molecule has 1 aliphatic heterocycles. The maximum absolute atomic E-state index is 12.4. The highest BCUT2D eigenvalue weighted by atomic mass is 16.5. The molecule has 2 aromatic rings. The Morgan fingerprint density at radius 2 is 1.92 bits per heavy atom. The highest BCUT2D eigenvalue weighted by molar-refractivity contribution is 5.88. The summed E-state index contributed by atoms with van der Waals surface area (Å²) in [7, 11) is 1.62. The van der Waals surface area contributed by atoms with Crippen molar-refractivity contribution in [3.63, 3.8) is 0 Å². The molecule has 3 rings (SSSR count). The summed E-state index contributed by atoms with van der Waals surface area (Å²) in [4.78, 5) is 25.1. The van der Waals surface area contributed by atoms with Crippen LogP contribution in [0.1, 0.15) is 18.4 Å². The summed E-state index contributed by atoms with van der Waals surface area (Å²) < 4.78 is 5.44. The third-order valence-corrected chi connectivity index (χ3v) is 4.77. The van der Waals surface area contributed by atoms with E-state index < -0.39 is 5.97 Å². The van der Waals surface area contributed by atoms with Crippen LogP contribution in [-0.4, -0.2) is 42.2 Å². The molecule has 0 bridgehead atoms. The van der Waals surface area contributed by atoms with Crippen LogP contribution < -0.4 is 10.1 Å². The number of nitrogens with zero attached hydrogens (tertiary/aromatic N) is 1. The fraction of sp³-hybridized carbons (Fsp3) is 0.368. The fourth-order valence-corrected chi connectivity index (χ4v) is 3.29. The number of ether oxygens (including phenoxy) is 1. The molecule has 0 atom stereocenters. The maximum atomic E-state index is 12.4. The quantitative estimate of drug-likeness (QED) is 0.895. The summed E-state index contributed by atoms with van der Waals surface area (Å²) >= 11 is 0. The summed E-state index contributed by atoms with van der Waals surface area (Å²) in [5.41, 5.74) is 0.939. The number of piperidine rings is 1. The Balaban J connectivity index is 1.68. The molecule has 6 heteroatoms. The molecule has 6 nitrogen and oxygen atoms in total. The van der Waals surface area contributed by atoms with E-state index in [1.807, 2.05) is 36.4 Å². The highest BCUT2D eigenvalue weighted by Crippen LogP contribution is 2.28. The smallest absolute Gasteiger partial charge is 0.317 e. The van der Waals surface area contributed by atoms with Crippen LogP contribution >= 0.6 is 0 Å². The summed E-state index contributed by atoms with van der Waals surface area (Å²) in [5.74, 6) is -0.383. The minimum atomic E-state index is -0.777. The number of carboxylic acid groups (broad SMARTS) is 1. The van der Waals surface area contributed by atoms with Crippen LogP contribution in [0.4, 0.5) is 4.79 Å². The molecule has 132 valence electrons. The molecule has 0 saturated carbocycles. The van der Waals surface area contributed by atoms with E-state index in [2.05, 4.69) is 5.32 Å². The number of carboxylic acids is 1. The van der Waals surface area contributed by atoms with E-state index in [4.69, 9.17) is 9.84 Å². The third-order valence-electron chi connectivity index (χ3n) is 4.77. The Bertz CT molecular complexity index is 782. The van der Waals surface area contributed by atoms with Crippen LogP contribution in [0, 0.1) is 5.92 Å². The van der Waals surface area contributed by atoms with Gasteiger partial charge in [-0.2, -0.15) is 0 Å². The van der Waals surface area contributed by atoms with Gasteiger partial charge in [-0.1, -0.05) is 30.3 Å². The molecule has 0 spiro atoms. The molecule has 0 unspecified atom stereocenters. The number of benzene rings is 2. The van der Waals surface area contributed by atoms with Crippen molar-refractivity contribution < 1.29 is 19.4 Å². The van der Waals surface area contributed by atoms with Gasteiger partial charge in [0.2, 0.25) is 0 Å². The molecule has 2 aromatic carbocycles. The predicted molar refractivity (Wildman–Crippen MR) is 94.7 cm³/mol. The third kappa shape index (κ3) is 3.68. The number of nitrogens with one attached hydrogen (secondary N) is 1. The lowest BCUT2D eigenvalue weighted by Crippen LogP contribution is -2.45. The fourth-order valence-electron chi connectivity index (χ4n) is 3.29. The number of rotatable bonds is 4.